The van der Waals surface area contributed by atoms with Gasteiger partial charge in [-0.2, -0.15) is 0 Å². The second-order valence-electron chi connectivity index (χ2n) is 5.28. The van der Waals surface area contributed by atoms with Gasteiger partial charge in [0.05, 0.1) is 5.69 Å². The minimum absolute atomic E-state index is 0.0855. The third-order valence-electron chi connectivity index (χ3n) is 2.90. The number of ether oxygens (including phenoxy) is 1. The van der Waals surface area contributed by atoms with Crippen molar-refractivity contribution >= 4 is 5.69 Å². The first kappa shape index (κ1) is 15.4. The van der Waals surface area contributed by atoms with Gasteiger partial charge in [-0.3, -0.25) is 0 Å². The molecule has 21 heavy (non-hydrogen) atoms. The van der Waals surface area contributed by atoms with Crippen molar-refractivity contribution in [1.29, 1.82) is 0 Å². The molecule has 1 heterocycles. The van der Waals surface area contributed by atoms with Gasteiger partial charge < -0.3 is 10.5 Å². The van der Waals surface area contributed by atoms with E-state index in [1.54, 1.807) is 10.7 Å². The van der Waals surface area contributed by atoms with E-state index >= 15 is 0 Å². The minimum atomic E-state index is -0.445. The van der Waals surface area contributed by atoms with Crippen LogP contribution in [0.25, 0.3) is 11.4 Å². The molecular formula is C14H20FN5O. The largest absolute Gasteiger partial charge is 0.396 e. The summed E-state index contributed by atoms with van der Waals surface area (Å²) in [6.07, 6.45) is 0.807. The van der Waals surface area contributed by atoms with Crippen LogP contribution < -0.4 is 5.73 Å². The summed E-state index contributed by atoms with van der Waals surface area (Å²) < 4.78 is 20.4. The SMILES string of the molecule is CC(C)COCCCn1nnnc1-c1ccc(F)c(N)c1. The number of tetrazole rings is 1. The Hall–Kier alpha value is -2.02. The molecule has 0 amide bonds. The fraction of sp³-hybridized carbons (Fsp3) is 0.500. The van der Waals surface area contributed by atoms with Gasteiger partial charge in [0, 0.05) is 25.3 Å². The van der Waals surface area contributed by atoms with Crippen LogP contribution >= 0.6 is 0 Å². The molecular weight excluding hydrogens is 273 g/mol. The van der Waals surface area contributed by atoms with Gasteiger partial charge in [-0.05, 0) is 41.0 Å². The van der Waals surface area contributed by atoms with Crippen LogP contribution in [0.5, 0.6) is 0 Å². The first-order valence-corrected chi connectivity index (χ1v) is 6.97. The zero-order valence-electron chi connectivity index (χ0n) is 12.3. The average molecular weight is 293 g/mol. The van der Waals surface area contributed by atoms with Gasteiger partial charge in [-0.15, -0.1) is 5.10 Å². The van der Waals surface area contributed by atoms with Gasteiger partial charge in [0.2, 0.25) is 0 Å². The topological polar surface area (TPSA) is 78.8 Å². The van der Waals surface area contributed by atoms with Crippen molar-refractivity contribution in [2.45, 2.75) is 26.8 Å². The van der Waals surface area contributed by atoms with E-state index in [0.717, 1.165) is 13.0 Å². The van der Waals surface area contributed by atoms with E-state index < -0.39 is 5.82 Å². The standard InChI is InChI=1S/C14H20FN5O/c1-10(2)9-21-7-3-6-20-14(17-18-19-20)11-4-5-12(15)13(16)8-11/h4-5,8,10H,3,6-7,9,16H2,1-2H3. The summed E-state index contributed by atoms with van der Waals surface area (Å²) >= 11 is 0. The van der Waals surface area contributed by atoms with Crippen LogP contribution in [0.1, 0.15) is 20.3 Å². The van der Waals surface area contributed by atoms with Gasteiger partial charge in [0.15, 0.2) is 5.82 Å². The Kier molecular flexibility index (Phi) is 5.21. The monoisotopic (exact) mass is 293 g/mol. The van der Waals surface area contributed by atoms with E-state index in [-0.39, 0.29) is 5.69 Å². The molecule has 0 radical (unpaired) electrons. The molecule has 6 nitrogen and oxygen atoms in total. The van der Waals surface area contributed by atoms with E-state index in [9.17, 15) is 4.39 Å². The molecule has 0 bridgehead atoms. The summed E-state index contributed by atoms with van der Waals surface area (Å²) in [4.78, 5) is 0. The molecule has 0 fully saturated rings. The zero-order chi connectivity index (χ0) is 15.2. The quantitative estimate of drug-likeness (QED) is 0.625. The van der Waals surface area contributed by atoms with E-state index in [4.69, 9.17) is 10.5 Å². The molecule has 0 unspecified atom stereocenters. The molecule has 0 aliphatic rings. The number of rotatable bonds is 7. The van der Waals surface area contributed by atoms with Crippen LogP contribution in [0.3, 0.4) is 0 Å². The molecule has 1 aromatic carbocycles. The van der Waals surface area contributed by atoms with Crippen LogP contribution in [0.2, 0.25) is 0 Å². The highest BCUT2D eigenvalue weighted by Gasteiger charge is 2.10. The van der Waals surface area contributed by atoms with Gasteiger partial charge in [-0.1, -0.05) is 13.8 Å². The Balaban J connectivity index is 1.96. The smallest absolute Gasteiger partial charge is 0.182 e. The summed E-state index contributed by atoms with van der Waals surface area (Å²) in [6, 6.07) is 4.46. The summed E-state index contributed by atoms with van der Waals surface area (Å²) in [7, 11) is 0. The normalized spacial score (nSPS) is 11.2. The number of halogens is 1. The predicted octanol–water partition coefficient (Wildman–Crippen LogP) is 2.12. The Morgan fingerprint density at radius 1 is 1.38 bits per heavy atom. The Morgan fingerprint density at radius 3 is 2.90 bits per heavy atom. The van der Waals surface area contributed by atoms with Crippen molar-refractivity contribution in [3.63, 3.8) is 0 Å². The third kappa shape index (κ3) is 4.22. The van der Waals surface area contributed by atoms with Crippen molar-refractivity contribution in [2.24, 2.45) is 5.92 Å². The first-order valence-electron chi connectivity index (χ1n) is 6.97. The maximum absolute atomic E-state index is 13.2. The van der Waals surface area contributed by atoms with E-state index in [1.807, 2.05) is 0 Å². The lowest BCUT2D eigenvalue weighted by molar-refractivity contribution is 0.105. The minimum Gasteiger partial charge on any atom is -0.396 e. The van der Waals surface area contributed by atoms with Gasteiger partial charge in [-0.25, -0.2) is 9.07 Å². The Labute approximate surface area is 123 Å². The third-order valence-corrected chi connectivity index (χ3v) is 2.90. The summed E-state index contributed by atoms with van der Waals surface area (Å²) in [6.45, 7) is 6.26. The molecule has 0 saturated heterocycles. The molecule has 1 aromatic heterocycles. The van der Waals surface area contributed by atoms with Crippen molar-refractivity contribution in [2.75, 3.05) is 18.9 Å². The molecule has 0 saturated carbocycles. The van der Waals surface area contributed by atoms with Crippen molar-refractivity contribution in [3.05, 3.63) is 24.0 Å². The van der Waals surface area contributed by atoms with Gasteiger partial charge in [0.1, 0.15) is 5.82 Å². The number of hydrogen-bond donors (Lipinski definition) is 1. The fourth-order valence-electron chi connectivity index (χ4n) is 1.88. The maximum Gasteiger partial charge on any atom is 0.182 e. The molecule has 0 atom stereocenters. The average Bonchev–Trinajstić information content (AvgIpc) is 2.89. The number of hydrogen-bond acceptors (Lipinski definition) is 5. The highest BCUT2D eigenvalue weighted by Crippen LogP contribution is 2.21. The molecule has 114 valence electrons. The lowest BCUT2D eigenvalue weighted by Gasteiger charge is -2.08. The summed E-state index contributed by atoms with van der Waals surface area (Å²) in [5.41, 5.74) is 6.35. The van der Waals surface area contributed by atoms with Crippen molar-refractivity contribution in [3.8, 4) is 11.4 Å². The number of nitrogen functional groups attached to an aromatic ring is 1. The van der Waals surface area contributed by atoms with E-state index in [1.165, 1.54) is 12.1 Å². The number of aryl methyl sites for hydroxylation is 1. The van der Waals surface area contributed by atoms with Crippen LogP contribution in [-0.2, 0) is 11.3 Å². The molecule has 0 spiro atoms. The number of anilines is 1. The van der Waals surface area contributed by atoms with Gasteiger partial charge in [0.25, 0.3) is 0 Å². The summed E-state index contributed by atoms with van der Waals surface area (Å²) in [5, 5.41) is 11.6. The highest BCUT2D eigenvalue weighted by molar-refractivity contribution is 5.61. The van der Waals surface area contributed by atoms with Crippen LogP contribution in [-0.4, -0.2) is 33.4 Å². The van der Waals surface area contributed by atoms with Crippen LogP contribution in [0.4, 0.5) is 10.1 Å². The molecule has 0 aliphatic heterocycles. The Bertz CT molecular complexity index is 584. The number of nitrogens with zero attached hydrogens (tertiary/aromatic N) is 4. The van der Waals surface area contributed by atoms with Crippen molar-refractivity contribution < 1.29 is 9.13 Å². The predicted molar refractivity (Wildman–Crippen MR) is 77.9 cm³/mol. The fourth-order valence-corrected chi connectivity index (χ4v) is 1.88. The number of aromatic nitrogens is 4. The lowest BCUT2D eigenvalue weighted by atomic mass is 10.2. The molecule has 2 rings (SSSR count). The lowest BCUT2D eigenvalue weighted by Crippen LogP contribution is -2.08. The maximum atomic E-state index is 13.2. The van der Waals surface area contributed by atoms with E-state index in [0.29, 0.717) is 30.5 Å². The highest BCUT2D eigenvalue weighted by atomic mass is 19.1. The molecule has 2 N–H and O–H groups in total. The molecule has 7 heteroatoms. The second kappa shape index (κ2) is 7.12. The van der Waals surface area contributed by atoms with Crippen molar-refractivity contribution in [1.82, 2.24) is 20.2 Å². The Morgan fingerprint density at radius 2 is 2.19 bits per heavy atom. The zero-order valence-corrected chi connectivity index (χ0v) is 12.3. The van der Waals surface area contributed by atoms with E-state index in [2.05, 4.69) is 29.4 Å². The van der Waals surface area contributed by atoms with Crippen LogP contribution in [0, 0.1) is 11.7 Å². The molecule has 0 aliphatic carbocycles. The van der Waals surface area contributed by atoms with Crippen LogP contribution in [0.15, 0.2) is 18.2 Å². The second-order valence-corrected chi connectivity index (χ2v) is 5.28. The summed E-state index contributed by atoms with van der Waals surface area (Å²) in [5.74, 6) is 0.654. The molecule has 2 aromatic rings. The number of nitrogens with two attached hydrogens (primary N) is 1. The first-order chi connectivity index (χ1) is 10.1. The van der Waals surface area contributed by atoms with Gasteiger partial charge >= 0.3 is 0 Å². The number of benzene rings is 1.